The van der Waals surface area contributed by atoms with E-state index in [1.807, 2.05) is 0 Å². The molecule has 1 aliphatic carbocycles. The minimum atomic E-state index is -3.32. The van der Waals surface area contributed by atoms with Gasteiger partial charge in [0.05, 0.1) is 23.3 Å². The fraction of sp³-hybridized carbons (Fsp3) is 0.529. The molecule has 8 heteroatoms. The van der Waals surface area contributed by atoms with E-state index in [9.17, 15) is 23.1 Å². The van der Waals surface area contributed by atoms with E-state index in [-0.39, 0.29) is 11.7 Å². The number of carboxylic acids is 1. The van der Waals surface area contributed by atoms with Gasteiger partial charge in [0.15, 0.2) is 0 Å². The normalized spacial score (nSPS) is 26.7. The van der Waals surface area contributed by atoms with E-state index in [1.54, 1.807) is 38.1 Å². The van der Waals surface area contributed by atoms with Crippen LogP contribution in [0.2, 0.25) is 0 Å². The lowest BCUT2D eigenvalue weighted by Crippen LogP contribution is -2.37. The van der Waals surface area contributed by atoms with Gasteiger partial charge in [-0.25, -0.2) is 8.42 Å². The number of carbonyl (C=O) groups excluding carboxylic acids is 1. The second-order valence-corrected chi connectivity index (χ2v) is 9.26. The van der Waals surface area contributed by atoms with Crippen molar-refractivity contribution in [2.45, 2.75) is 26.7 Å². The molecule has 0 bridgehead atoms. The van der Waals surface area contributed by atoms with E-state index in [2.05, 4.69) is 5.32 Å². The van der Waals surface area contributed by atoms with Crippen LogP contribution in [0.15, 0.2) is 24.3 Å². The number of nitrogens with one attached hydrogen (secondary N) is 1. The third-order valence-corrected chi connectivity index (χ3v) is 7.00. The molecule has 1 aliphatic heterocycles. The molecule has 1 heterocycles. The first-order chi connectivity index (χ1) is 11.6. The summed E-state index contributed by atoms with van der Waals surface area (Å²) in [6.07, 6.45) is 1.45. The summed E-state index contributed by atoms with van der Waals surface area (Å²) >= 11 is 0. The molecule has 0 unspecified atom stereocenters. The van der Waals surface area contributed by atoms with Crippen LogP contribution in [0.1, 0.15) is 26.7 Å². The monoisotopic (exact) mass is 366 g/mol. The Morgan fingerprint density at radius 3 is 2.56 bits per heavy atom. The largest absolute Gasteiger partial charge is 0.481 e. The van der Waals surface area contributed by atoms with Crippen molar-refractivity contribution in [2.75, 3.05) is 21.9 Å². The van der Waals surface area contributed by atoms with Gasteiger partial charge < -0.3 is 10.4 Å². The molecule has 136 valence electrons. The second-order valence-electron chi connectivity index (χ2n) is 7.25. The van der Waals surface area contributed by atoms with Crippen molar-refractivity contribution in [1.82, 2.24) is 0 Å². The van der Waals surface area contributed by atoms with Crippen molar-refractivity contribution in [1.29, 1.82) is 0 Å². The van der Waals surface area contributed by atoms with Gasteiger partial charge in [-0.15, -0.1) is 0 Å². The topological polar surface area (TPSA) is 104 Å². The smallest absolute Gasteiger partial charge is 0.307 e. The zero-order valence-electron chi connectivity index (χ0n) is 14.2. The number of sulfonamides is 1. The number of hydrogen-bond donors (Lipinski definition) is 2. The van der Waals surface area contributed by atoms with Crippen LogP contribution in [0.25, 0.3) is 0 Å². The second kappa shape index (κ2) is 6.01. The van der Waals surface area contributed by atoms with Gasteiger partial charge in [-0.1, -0.05) is 19.9 Å². The van der Waals surface area contributed by atoms with Gasteiger partial charge in [0.1, 0.15) is 0 Å². The van der Waals surface area contributed by atoms with Gasteiger partial charge in [-0.05, 0) is 36.5 Å². The fourth-order valence-corrected chi connectivity index (χ4v) is 5.26. The molecule has 1 aromatic carbocycles. The highest BCUT2D eigenvalue weighted by atomic mass is 32.2. The summed E-state index contributed by atoms with van der Waals surface area (Å²) in [5, 5.41) is 11.9. The number of carboxylic acid groups (broad SMARTS) is 1. The van der Waals surface area contributed by atoms with Crippen LogP contribution in [0.5, 0.6) is 0 Å². The van der Waals surface area contributed by atoms with Crippen LogP contribution in [0.4, 0.5) is 11.4 Å². The average molecular weight is 366 g/mol. The number of amides is 1. The number of nitrogens with zero attached hydrogens (tertiary/aromatic N) is 1. The first kappa shape index (κ1) is 17.7. The molecule has 1 saturated carbocycles. The van der Waals surface area contributed by atoms with Crippen LogP contribution in [0, 0.1) is 17.3 Å². The van der Waals surface area contributed by atoms with E-state index in [1.165, 1.54) is 4.31 Å². The van der Waals surface area contributed by atoms with Crippen LogP contribution < -0.4 is 9.62 Å². The van der Waals surface area contributed by atoms with Crippen molar-refractivity contribution in [2.24, 2.45) is 17.3 Å². The minimum Gasteiger partial charge on any atom is -0.481 e. The molecule has 0 aromatic heterocycles. The number of hydrogen-bond acceptors (Lipinski definition) is 4. The lowest BCUT2D eigenvalue weighted by molar-refractivity contribution is -0.140. The van der Waals surface area contributed by atoms with Crippen molar-refractivity contribution in [3.63, 3.8) is 0 Å². The maximum Gasteiger partial charge on any atom is 0.307 e. The highest BCUT2D eigenvalue weighted by Crippen LogP contribution is 2.58. The van der Waals surface area contributed by atoms with Gasteiger partial charge in [0.2, 0.25) is 15.9 Å². The molecule has 0 radical (unpaired) electrons. The Bertz CT molecular complexity index is 818. The Morgan fingerprint density at radius 1 is 1.24 bits per heavy atom. The van der Waals surface area contributed by atoms with Crippen LogP contribution in [-0.2, 0) is 19.6 Å². The third-order valence-electron chi connectivity index (χ3n) is 5.13. The van der Waals surface area contributed by atoms with E-state index >= 15 is 0 Å². The zero-order chi connectivity index (χ0) is 18.4. The highest BCUT2D eigenvalue weighted by Gasteiger charge is 2.65. The van der Waals surface area contributed by atoms with Gasteiger partial charge in [-0.2, -0.15) is 0 Å². The molecule has 3 rings (SSSR count). The predicted molar refractivity (Wildman–Crippen MR) is 93.8 cm³/mol. The maximum absolute atomic E-state index is 12.4. The summed E-state index contributed by atoms with van der Waals surface area (Å²) in [5.41, 5.74) is 0.404. The molecule has 0 spiro atoms. The summed E-state index contributed by atoms with van der Waals surface area (Å²) < 4.78 is 25.8. The average Bonchev–Trinajstić information content (AvgIpc) is 3.10. The summed E-state index contributed by atoms with van der Waals surface area (Å²) in [7, 11) is -3.32. The molecular formula is C17H22N2O5S. The first-order valence-corrected chi connectivity index (χ1v) is 9.89. The van der Waals surface area contributed by atoms with E-state index in [4.69, 9.17) is 0 Å². The van der Waals surface area contributed by atoms with E-state index < -0.39 is 33.2 Å². The molecule has 1 saturated heterocycles. The van der Waals surface area contributed by atoms with Crippen molar-refractivity contribution in [3.05, 3.63) is 24.3 Å². The Hall–Kier alpha value is -2.09. The molecule has 1 amide bonds. The lowest BCUT2D eigenvalue weighted by Gasteiger charge is -2.28. The van der Waals surface area contributed by atoms with Gasteiger partial charge in [0, 0.05) is 12.2 Å². The summed E-state index contributed by atoms with van der Waals surface area (Å²) in [6, 6.07) is 6.66. The SMILES string of the molecule is CC1(C)[C@H](C(=O)O)[C@@H]1C(=O)Nc1cccc(N2CCCCS2(=O)=O)c1. The minimum absolute atomic E-state index is 0.125. The Labute approximate surface area is 147 Å². The summed E-state index contributed by atoms with van der Waals surface area (Å²) in [5.74, 6) is -2.49. The number of anilines is 2. The first-order valence-electron chi connectivity index (χ1n) is 8.29. The Kier molecular flexibility index (Phi) is 4.26. The quantitative estimate of drug-likeness (QED) is 0.847. The maximum atomic E-state index is 12.4. The van der Waals surface area contributed by atoms with Crippen molar-refractivity contribution in [3.8, 4) is 0 Å². The summed E-state index contributed by atoms with van der Waals surface area (Å²) in [6.45, 7) is 3.94. The molecule has 7 nitrogen and oxygen atoms in total. The van der Waals surface area contributed by atoms with E-state index in [0.717, 1.165) is 6.42 Å². The number of carbonyl (C=O) groups is 2. The van der Waals surface area contributed by atoms with Crippen molar-refractivity contribution >= 4 is 33.3 Å². The number of aliphatic carboxylic acids is 1. The van der Waals surface area contributed by atoms with Gasteiger partial charge in [0.25, 0.3) is 0 Å². The van der Waals surface area contributed by atoms with Crippen LogP contribution in [-0.4, -0.2) is 37.7 Å². The molecule has 2 atom stereocenters. The molecule has 2 aliphatic rings. The van der Waals surface area contributed by atoms with Gasteiger partial charge >= 0.3 is 5.97 Å². The Balaban J connectivity index is 1.77. The van der Waals surface area contributed by atoms with Crippen LogP contribution in [0.3, 0.4) is 0 Å². The lowest BCUT2D eigenvalue weighted by atomic mass is 10.1. The molecule has 2 fully saturated rings. The zero-order valence-corrected chi connectivity index (χ0v) is 15.0. The summed E-state index contributed by atoms with van der Waals surface area (Å²) in [4.78, 5) is 23.6. The van der Waals surface area contributed by atoms with Gasteiger partial charge in [-0.3, -0.25) is 13.9 Å². The number of benzene rings is 1. The molecule has 25 heavy (non-hydrogen) atoms. The Morgan fingerprint density at radius 2 is 1.96 bits per heavy atom. The third kappa shape index (κ3) is 3.22. The van der Waals surface area contributed by atoms with Crippen LogP contribution >= 0.6 is 0 Å². The standard InChI is InChI=1S/C17H22N2O5S/c1-17(2)13(14(17)16(21)22)15(20)18-11-6-5-7-12(10-11)19-8-3-4-9-25(19,23)24/h5-7,10,13-14H,3-4,8-9H2,1-2H3,(H,18,20)(H,21,22)/t13-,14+/m1/s1. The van der Waals surface area contributed by atoms with E-state index in [0.29, 0.717) is 24.3 Å². The predicted octanol–water partition coefficient (Wildman–Crippen LogP) is 1.91. The molecular weight excluding hydrogens is 344 g/mol. The highest BCUT2D eigenvalue weighted by molar-refractivity contribution is 7.92. The molecule has 2 N–H and O–H groups in total. The van der Waals surface area contributed by atoms with Crippen molar-refractivity contribution < 1.29 is 23.1 Å². The fourth-order valence-electron chi connectivity index (χ4n) is 3.63. The number of rotatable bonds is 4. The molecule has 1 aromatic rings.